The van der Waals surface area contributed by atoms with Gasteiger partial charge in [-0.15, -0.1) is 0 Å². The number of methoxy groups -OCH3 is 1. The van der Waals surface area contributed by atoms with Crippen molar-refractivity contribution in [3.8, 4) is 11.6 Å². The van der Waals surface area contributed by atoms with Gasteiger partial charge in [-0.05, 0) is 24.3 Å². The number of benzene rings is 1. The zero-order valence-electron chi connectivity index (χ0n) is 12.6. The second-order valence-corrected chi connectivity index (χ2v) is 7.51. The number of halogens is 2. The topological polar surface area (TPSA) is 68.7 Å². The molecule has 0 aliphatic carbocycles. The molecular weight excluding hydrogens is 359 g/mol. The fraction of sp³-hybridized carbons (Fsp3) is 0.267. The number of nitrogens with zero attached hydrogens (tertiary/aromatic N) is 2. The van der Waals surface area contributed by atoms with Crippen LogP contribution >= 0.6 is 11.6 Å². The molecule has 1 fully saturated rings. The molecule has 0 unspecified atom stereocenters. The molecule has 1 saturated heterocycles. The van der Waals surface area contributed by atoms with Crippen molar-refractivity contribution in [2.45, 2.75) is 11.0 Å². The highest BCUT2D eigenvalue weighted by atomic mass is 35.5. The minimum atomic E-state index is -3.85. The van der Waals surface area contributed by atoms with E-state index in [1.807, 2.05) is 0 Å². The number of hydrogen-bond acceptors (Lipinski definition) is 5. The van der Waals surface area contributed by atoms with Gasteiger partial charge in [0.15, 0.2) is 0 Å². The van der Waals surface area contributed by atoms with Crippen molar-refractivity contribution in [3.63, 3.8) is 0 Å². The lowest BCUT2D eigenvalue weighted by Gasteiger charge is -2.37. The molecule has 9 heteroatoms. The molecule has 0 atom stereocenters. The molecule has 0 saturated carbocycles. The molecule has 0 radical (unpaired) electrons. The summed E-state index contributed by atoms with van der Waals surface area (Å²) in [6.07, 6.45) is 1.12. The Hall–Kier alpha value is -1.90. The van der Waals surface area contributed by atoms with Gasteiger partial charge in [0.25, 0.3) is 0 Å². The molecule has 0 spiro atoms. The Labute approximate surface area is 143 Å². The van der Waals surface area contributed by atoms with Gasteiger partial charge in [0.2, 0.25) is 15.9 Å². The molecule has 2 aromatic rings. The van der Waals surface area contributed by atoms with Gasteiger partial charge in [-0.2, -0.15) is 4.31 Å². The van der Waals surface area contributed by atoms with E-state index < -0.39 is 15.8 Å². The van der Waals surface area contributed by atoms with E-state index in [1.165, 1.54) is 23.7 Å². The van der Waals surface area contributed by atoms with E-state index in [0.717, 1.165) is 12.1 Å². The van der Waals surface area contributed by atoms with Gasteiger partial charge in [0.05, 0.1) is 25.2 Å². The third kappa shape index (κ3) is 3.31. The van der Waals surface area contributed by atoms with E-state index in [2.05, 4.69) is 4.98 Å². The van der Waals surface area contributed by atoms with Crippen LogP contribution in [0.2, 0.25) is 5.02 Å². The molecule has 0 amide bonds. The summed E-state index contributed by atoms with van der Waals surface area (Å²) in [7, 11) is -2.52. The summed E-state index contributed by atoms with van der Waals surface area (Å²) in [5, 5.41) is 0.485. The highest BCUT2D eigenvalue weighted by Gasteiger charge is 2.39. The number of ether oxygens (including phenoxy) is 2. The maximum atomic E-state index is 13.4. The zero-order valence-corrected chi connectivity index (χ0v) is 14.2. The third-order valence-corrected chi connectivity index (χ3v) is 5.62. The Morgan fingerprint density at radius 2 is 2.04 bits per heavy atom. The van der Waals surface area contributed by atoms with Crippen LogP contribution in [-0.2, 0) is 10.0 Å². The maximum absolute atomic E-state index is 13.4. The normalized spacial score (nSPS) is 15.8. The van der Waals surface area contributed by atoms with E-state index >= 15 is 0 Å². The van der Waals surface area contributed by atoms with Gasteiger partial charge in [-0.1, -0.05) is 11.6 Å². The Kier molecular flexibility index (Phi) is 4.62. The van der Waals surface area contributed by atoms with Crippen molar-refractivity contribution in [1.82, 2.24) is 9.29 Å². The summed E-state index contributed by atoms with van der Waals surface area (Å²) in [4.78, 5) is 3.79. The SMILES string of the molecule is COc1ccc(F)cc1S(=O)(=O)N1CC(Oc2ccc(Cl)cn2)C1. The number of pyridine rings is 1. The van der Waals surface area contributed by atoms with Crippen LogP contribution in [0.1, 0.15) is 0 Å². The minimum Gasteiger partial charge on any atom is -0.495 e. The first-order valence-corrected chi connectivity index (χ1v) is 8.84. The van der Waals surface area contributed by atoms with Crippen molar-refractivity contribution < 1.29 is 22.3 Å². The van der Waals surface area contributed by atoms with Crippen LogP contribution in [0.5, 0.6) is 11.6 Å². The lowest BCUT2D eigenvalue weighted by atomic mass is 10.2. The van der Waals surface area contributed by atoms with E-state index in [9.17, 15) is 12.8 Å². The standard InChI is InChI=1S/C15H14ClFN2O4S/c1-22-13-4-3-11(17)6-14(13)24(20,21)19-8-12(9-19)23-15-5-2-10(16)7-18-15/h2-7,12H,8-9H2,1H3. The highest BCUT2D eigenvalue weighted by Crippen LogP contribution is 2.30. The molecule has 128 valence electrons. The Morgan fingerprint density at radius 3 is 2.67 bits per heavy atom. The predicted octanol–water partition coefficient (Wildman–Crippen LogP) is 2.33. The van der Waals surface area contributed by atoms with Crippen molar-refractivity contribution in [1.29, 1.82) is 0 Å². The monoisotopic (exact) mass is 372 g/mol. The van der Waals surface area contributed by atoms with Crippen LogP contribution in [0.25, 0.3) is 0 Å². The molecule has 6 nitrogen and oxygen atoms in total. The third-order valence-electron chi connectivity index (χ3n) is 3.55. The van der Waals surface area contributed by atoms with Crippen LogP contribution in [0, 0.1) is 5.82 Å². The first-order chi connectivity index (χ1) is 11.4. The number of hydrogen-bond donors (Lipinski definition) is 0. The highest BCUT2D eigenvalue weighted by molar-refractivity contribution is 7.89. The minimum absolute atomic E-state index is 0.0973. The molecule has 2 heterocycles. The first kappa shape index (κ1) is 16.9. The van der Waals surface area contributed by atoms with Gasteiger partial charge >= 0.3 is 0 Å². The van der Waals surface area contributed by atoms with Gasteiger partial charge in [0.1, 0.15) is 22.6 Å². The molecule has 1 aliphatic rings. The van der Waals surface area contributed by atoms with Crippen molar-refractivity contribution in [2.75, 3.05) is 20.2 Å². The van der Waals surface area contributed by atoms with Gasteiger partial charge in [-0.25, -0.2) is 17.8 Å². The van der Waals surface area contributed by atoms with Crippen LogP contribution < -0.4 is 9.47 Å². The van der Waals surface area contributed by atoms with Crippen LogP contribution in [0.3, 0.4) is 0 Å². The van der Waals surface area contributed by atoms with Crippen molar-refractivity contribution in [2.24, 2.45) is 0 Å². The van der Waals surface area contributed by atoms with Gasteiger partial charge in [-0.3, -0.25) is 0 Å². The number of aromatic nitrogens is 1. The first-order valence-electron chi connectivity index (χ1n) is 7.02. The summed E-state index contributed by atoms with van der Waals surface area (Å²) in [6, 6.07) is 6.62. The second-order valence-electron chi connectivity index (χ2n) is 5.17. The summed E-state index contributed by atoms with van der Waals surface area (Å²) < 4.78 is 50.4. The van der Waals surface area contributed by atoms with E-state index in [4.69, 9.17) is 21.1 Å². The lowest BCUT2D eigenvalue weighted by Crippen LogP contribution is -2.56. The summed E-state index contributed by atoms with van der Waals surface area (Å²) in [5.74, 6) is -0.182. The smallest absolute Gasteiger partial charge is 0.247 e. The molecule has 0 N–H and O–H groups in total. The zero-order chi connectivity index (χ0) is 17.3. The Bertz CT molecular complexity index is 839. The largest absolute Gasteiger partial charge is 0.495 e. The van der Waals surface area contributed by atoms with Crippen LogP contribution in [0.4, 0.5) is 4.39 Å². The molecule has 1 aliphatic heterocycles. The molecule has 0 bridgehead atoms. The van der Waals surface area contributed by atoms with Crippen LogP contribution in [-0.4, -0.2) is 44.0 Å². The van der Waals surface area contributed by atoms with Gasteiger partial charge in [0, 0.05) is 12.3 Å². The molecular formula is C15H14ClFN2O4S. The Balaban J connectivity index is 1.70. The van der Waals surface area contributed by atoms with Crippen molar-refractivity contribution >= 4 is 21.6 Å². The molecule has 24 heavy (non-hydrogen) atoms. The molecule has 1 aromatic carbocycles. The predicted molar refractivity (Wildman–Crippen MR) is 85.4 cm³/mol. The average molecular weight is 373 g/mol. The number of rotatable bonds is 5. The second kappa shape index (κ2) is 6.54. The van der Waals surface area contributed by atoms with E-state index in [0.29, 0.717) is 10.9 Å². The van der Waals surface area contributed by atoms with Crippen LogP contribution in [0.15, 0.2) is 41.4 Å². The quantitative estimate of drug-likeness (QED) is 0.805. The fourth-order valence-corrected chi connectivity index (χ4v) is 4.05. The molecule has 3 rings (SSSR count). The maximum Gasteiger partial charge on any atom is 0.247 e. The average Bonchev–Trinajstić information content (AvgIpc) is 2.52. The summed E-state index contributed by atoms with van der Waals surface area (Å²) in [6.45, 7) is 0.290. The number of sulfonamides is 1. The van der Waals surface area contributed by atoms with E-state index in [1.54, 1.807) is 12.1 Å². The summed E-state index contributed by atoms with van der Waals surface area (Å²) >= 11 is 5.74. The van der Waals surface area contributed by atoms with Crippen molar-refractivity contribution in [3.05, 3.63) is 47.4 Å². The Morgan fingerprint density at radius 1 is 1.29 bits per heavy atom. The lowest BCUT2D eigenvalue weighted by molar-refractivity contribution is 0.0720. The molecule has 1 aromatic heterocycles. The van der Waals surface area contributed by atoms with Gasteiger partial charge < -0.3 is 9.47 Å². The fourth-order valence-electron chi connectivity index (χ4n) is 2.27. The summed E-state index contributed by atoms with van der Waals surface area (Å²) in [5.41, 5.74) is 0. The van der Waals surface area contributed by atoms with E-state index in [-0.39, 0.29) is 29.8 Å².